The lowest BCUT2D eigenvalue weighted by molar-refractivity contribution is -0.139. The molecule has 3 rings (SSSR count). The van der Waals surface area contributed by atoms with E-state index in [0.717, 1.165) is 11.5 Å². The number of aryl methyl sites for hydroxylation is 2. The number of benzene rings is 2. The maximum absolute atomic E-state index is 12.4. The van der Waals surface area contributed by atoms with Gasteiger partial charge < -0.3 is 19.3 Å². The molecule has 1 saturated heterocycles. The van der Waals surface area contributed by atoms with Crippen molar-refractivity contribution in [3.8, 4) is 11.5 Å². The molecule has 0 N–H and O–H groups in total. The van der Waals surface area contributed by atoms with Gasteiger partial charge in [0.25, 0.3) is 0 Å². The van der Waals surface area contributed by atoms with Gasteiger partial charge in [-0.15, -0.1) is 0 Å². The molecule has 1 aliphatic heterocycles. The molecule has 6 nitrogen and oxygen atoms in total. The van der Waals surface area contributed by atoms with Crippen LogP contribution in [-0.4, -0.2) is 61.0 Å². The predicted octanol–water partition coefficient (Wildman–Crippen LogP) is 3.99. The van der Waals surface area contributed by atoms with Crippen LogP contribution in [0.4, 0.5) is 0 Å². The lowest BCUT2D eigenvalue weighted by Gasteiger charge is -2.35. The van der Waals surface area contributed by atoms with Crippen molar-refractivity contribution >= 4 is 11.8 Å². The second kappa shape index (κ2) is 12.1. The van der Waals surface area contributed by atoms with Crippen molar-refractivity contribution in [2.75, 3.05) is 39.4 Å². The molecule has 0 aromatic heterocycles. The molecule has 1 aliphatic rings. The summed E-state index contributed by atoms with van der Waals surface area (Å²) in [6.45, 7) is 7.53. The summed E-state index contributed by atoms with van der Waals surface area (Å²) in [5, 5.41) is 0. The van der Waals surface area contributed by atoms with Crippen LogP contribution in [-0.2, 0) is 9.59 Å². The van der Waals surface area contributed by atoms with Gasteiger partial charge in [-0.25, -0.2) is 0 Å². The van der Waals surface area contributed by atoms with Gasteiger partial charge in [-0.05, 0) is 51.0 Å². The van der Waals surface area contributed by atoms with Crippen molar-refractivity contribution in [2.45, 2.75) is 39.5 Å². The zero-order valence-corrected chi connectivity index (χ0v) is 19.2. The van der Waals surface area contributed by atoms with Crippen LogP contribution in [0.2, 0.25) is 0 Å². The molecular formula is C26H34N2O4. The number of hydrogen-bond acceptors (Lipinski definition) is 4. The summed E-state index contributed by atoms with van der Waals surface area (Å²) in [5.74, 6) is 1.94. The Morgan fingerprint density at radius 2 is 1.00 bits per heavy atom. The van der Waals surface area contributed by atoms with Crippen LogP contribution in [0.25, 0.3) is 0 Å². The van der Waals surface area contributed by atoms with E-state index < -0.39 is 0 Å². The molecule has 6 heteroatoms. The standard InChI is InChI=1S/C26H34N2O4/c1-21-7-11-23(12-8-21)31-19-3-5-25(29)27-15-17-28(18-16-27)26(30)6-4-20-32-24-13-9-22(2)10-14-24/h7-14H,3-6,15-20H2,1-2H3. The van der Waals surface area contributed by atoms with E-state index in [4.69, 9.17) is 9.47 Å². The Kier molecular flexibility index (Phi) is 8.96. The lowest BCUT2D eigenvalue weighted by atomic mass is 10.2. The molecule has 172 valence electrons. The van der Waals surface area contributed by atoms with E-state index >= 15 is 0 Å². The summed E-state index contributed by atoms with van der Waals surface area (Å²) < 4.78 is 11.4. The molecule has 0 spiro atoms. The van der Waals surface area contributed by atoms with Crippen LogP contribution in [0.1, 0.15) is 36.8 Å². The summed E-state index contributed by atoms with van der Waals surface area (Å²) >= 11 is 0. The monoisotopic (exact) mass is 438 g/mol. The maximum Gasteiger partial charge on any atom is 0.222 e. The van der Waals surface area contributed by atoms with Gasteiger partial charge in [0.1, 0.15) is 11.5 Å². The number of carbonyl (C=O) groups excluding carboxylic acids is 2. The molecule has 0 atom stereocenters. The van der Waals surface area contributed by atoms with Gasteiger partial charge in [0.15, 0.2) is 0 Å². The molecule has 1 fully saturated rings. The van der Waals surface area contributed by atoms with Gasteiger partial charge in [0.05, 0.1) is 13.2 Å². The summed E-state index contributed by atoms with van der Waals surface area (Å²) in [5.41, 5.74) is 2.39. The Morgan fingerprint density at radius 3 is 1.34 bits per heavy atom. The minimum Gasteiger partial charge on any atom is -0.494 e. The van der Waals surface area contributed by atoms with Gasteiger partial charge in [-0.2, -0.15) is 0 Å². The topological polar surface area (TPSA) is 59.1 Å². The Bertz CT molecular complexity index is 783. The maximum atomic E-state index is 12.4. The SMILES string of the molecule is Cc1ccc(OCCCC(=O)N2CCN(C(=O)CCCOc3ccc(C)cc3)CC2)cc1. The fourth-order valence-corrected chi connectivity index (χ4v) is 3.62. The minimum absolute atomic E-state index is 0.135. The first-order chi connectivity index (χ1) is 15.5. The molecule has 2 aromatic rings. The number of amides is 2. The van der Waals surface area contributed by atoms with Crippen molar-refractivity contribution in [3.63, 3.8) is 0 Å². The van der Waals surface area contributed by atoms with Gasteiger partial charge in [0.2, 0.25) is 11.8 Å². The van der Waals surface area contributed by atoms with E-state index in [1.54, 1.807) is 0 Å². The van der Waals surface area contributed by atoms with Crippen LogP contribution in [0.15, 0.2) is 48.5 Å². The number of ether oxygens (including phenoxy) is 2. The highest BCUT2D eigenvalue weighted by atomic mass is 16.5. The summed E-state index contributed by atoms with van der Waals surface area (Å²) in [6, 6.07) is 15.8. The molecule has 0 unspecified atom stereocenters. The number of hydrogen-bond donors (Lipinski definition) is 0. The van der Waals surface area contributed by atoms with Crippen molar-refractivity contribution in [2.24, 2.45) is 0 Å². The van der Waals surface area contributed by atoms with E-state index in [2.05, 4.69) is 0 Å². The van der Waals surface area contributed by atoms with E-state index in [1.165, 1.54) is 11.1 Å². The highest BCUT2D eigenvalue weighted by molar-refractivity contribution is 5.78. The summed E-state index contributed by atoms with van der Waals surface area (Å²) in [7, 11) is 0. The van der Waals surface area contributed by atoms with Crippen molar-refractivity contribution < 1.29 is 19.1 Å². The first kappa shape index (κ1) is 23.6. The van der Waals surface area contributed by atoms with Crippen LogP contribution >= 0.6 is 0 Å². The zero-order valence-electron chi connectivity index (χ0n) is 19.2. The molecule has 0 radical (unpaired) electrons. The second-order valence-corrected chi connectivity index (χ2v) is 8.29. The van der Waals surface area contributed by atoms with Gasteiger partial charge in [-0.1, -0.05) is 35.4 Å². The quantitative estimate of drug-likeness (QED) is 0.526. The van der Waals surface area contributed by atoms with Crippen molar-refractivity contribution in [3.05, 3.63) is 59.7 Å². The molecule has 1 heterocycles. The van der Waals surface area contributed by atoms with Gasteiger partial charge in [-0.3, -0.25) is 9.59 Å². The number of rotatable bonds is 10. The Labute approximate surface area is 191 Å². The van der Waals surface area contributed by atoms with Crippen LogP contribution < -0.4 is 9.47 Å². The lowest BCUT2D eigenvalue weighted by Crippen LogP contribution is -2.50. The average molecular weight is 439 g/mol. The number of carbonyl (C=O) groups is 2. The van der Waals surface area contributed by atoms with Crippen LogP contribution in [0.3, 0.4) is 0 Å². The highest BCUT2D eigenvalue weighted by Crippen LogP contribution is 2.14. The van der Waals surface area contributed by atoms with Gasteiger partial charge in [0, 0.05) is 39.0 Å². The first-order valence-electron chi connectivity index (χ1n) is 11.5. The van der Waals surface area contributed by atoms with Crippen LogP contribution in [0.5, 0.6) is 11.5 Å². The molecule has 32 heavy (non-hydrogen) atoms. The average Bonchev–Trinajstić information content (AvgIpc) is 2.81. The van der Waals surface area contributed by atoms with Crippen LogP contribution in [0, 0.1) is 13.8 Å². The molecule has 2 aromatic carbocycles. The van der Waals surface area contributed by atoms with Crippen molar-refractivity contribution in [1.29, 1.82) is 0 Å². The molecule has 0 aliphatic carbocycles. The molecule has 2 amide bonds. The van der Waals surface area contributed by atoms with Crippen molar-refractivity contribution in [1.82, 2.24) is 9.80 Å². The minimum atomic E-state index is 0.135. The Balaban J connectivity index is 1.26. The largest absolute Gasteiger partial charge is 0.494 e. The molecule has 0 bridgehead atoms. The third-order valence-corrected chi connectivity index (χ3v) is 5.63. The third-order valence-electron chi connectivity index (χ3n) is 5.63. The second-order valence-electron chi connectivity index (χ2n) is 8.29. The third kappa shape index (κ3) is 7.59. The molecular weight excluding hydrogens is 404 g/mol. The molecule has 0 saturated carbocycles. The van der Waals surface area contributed by atoms with Gasteiger partial charge >= 0.3 is 0 Å². The highest BCUT2D eigenvalue weighted by Gasteiger charge is 2.23. The fourth-order valence-electron chi connectivity index (χ4n) is 3.62. The summed E-state index contributed by atoms with van der Waals surface area (Å²) in [6.07, 6.45) is 2.31. The Hall–Kier alpha value is -3.02. The van der Waals surface area contributed by atoms with E-state index in [9.17, 15) is 9.59 Å². The Morgan fingerprint density at radius 1 is 0.656 bits per heavy atom. The fraction of sp³-hybridized carbons (Fsp3) is 0.462. The predicted molar refractivity (Wildman–Crippen MR) is 125 cm³/mol. The smallest absolute Gasteiger partial charge is 0.222 e. The normalized spacial score (nSPS) is 13.7. The summed E-state index contributed by atoms with van der Waals surface area (Å²) in [4.78, 5) is 28.6. The first-order valence-corrected chi connectivity index (χ1v) is 11.5. The zero-order chi connectivity index (χ0) is 22.8. The van der Waals surface area contributed by atoms with E-state index in [0.29, 0.717) is 65.1 Å². The number of nitrogens with zero attached hydrogens (tertiary/aromatic N) is 2. The van der Waals surface area contributed by atoms with E-state index in [-0.39, 0.29) is 11.8 Å². The van der Waals surface area contributed by atoms with E-state index in [1.807, 2.05) is 72.2 Å². The number of piperazine rings is 1.